The number of rotatable bonds is 2. The van der Waals surface area contributed by atoms with E-state index in [1.54, 1.807) is 11.3 Å². The monoisotopic (exact) mass is 264 g/mol. The molecule has 2 heterocycles. The van der Waals surface area contributed by atoms with Crippen LogP contribution in [0.25, 0.3) is 0 Å². The van der Waals surface area contributed by atoms with Gasteiger partial charge in [-0.25, -0.2) is 4.98 Å². The van der Waals surface area contributed by atoms with Gasteiger partial charge in [-0.2, -0.15) is 11.8 Å². The van der Waals surface area contributed by atoms with Crippen molar-refractivity contribution in [1.82, 2.24) is 4.98 Å². The van der Waals surface area contributed by atoms with E-state index >= 15 is 0 Å². The van der Waals surface area contributed by atoms with E-state index in [9.17, 15) is 0 Å². The van der Waals surface area contributed by atoms with Gasteiger partial charge >= 0.3 is 0 Å². The molecule has 1 N–H and O–H groups in total. The van der Waals surface area contributed by atoms with Gasteiger partial charge in [0, 0.05) is 17.2 Å². The first-order valence-electron chi connectivity index (χ1n) is 3.80. The molecule has 1 aromatic heterocycles. The van der Waals surface area contributed by atoms with Gasteiger partial charge in [-0.15, -0.1) is 11.3 Å². The molecular formula is C7H9BrN2S2. The van der Waals surface area contributed by atoms with Crippen LogP contribution in [0.5, 0.6) is 0 Å². The largest absolute Gasteiger partial charge is 0.358 e. The fourth-order valence-electron chi connectivity index (χ4n) is 1.14. The number of nitrogens with zero attached hydrogens (tertiary/aromatic N) is 1. The van der Waals surface area contributed by atoms with Gasteiger partial charge < -0.3 is 5.32 Å². The fraction of sp³-hybridized carbons (Fsp3) is 0.571. The number of aromatic nitrogens is 1. The van der Waals surface area contributed by atoms with E-state index in [2.05, 4.69) is 26.2 Å². The van der Waals surface area contributed by atoms with Gasteiger partial charge in [-0.3, -0.25) is 0 Å². The maximum absolute atomic E-state index is 4.29. The molecule has 1 atom stereocenters. The Morgan fingerprint density at radius 2 is 2.58 bits per heavy atom. The lowest BCUT2D eigenvalue weighted by Gasteiger charge is -2.08. The molecule has 5 heteroatoms. The molecule has 1 aliphatic heterocycles. The van der Waals surface area contributed by atoms with Crippen LogP contribution in [0.2, 0.25) is 0 Å². The Hall–Kier alpha value is 0.260. The highest BCUT2D eigenvalue weighted by atomic mass is 79.9. The summed E-state index contributed by atoms with van der Waals surface area (Å²) in [5.41, 5.74) is 0. The molecule has 1 aliphatic rings. The summed E-state index contributed by atoms with van der Waals surface area (Å²) in [5.74, 6) is 2.50. The molecule has 2 nitrogen and oxygen atoms in total. The van der Waals surface area contributed by atoms with Crippen LogP contribution in [0.3, 0.4) is 0 Å². The number of nitrogens with one attached hydrogen (secondary N) is 1. The summed E-state index contributed by atoms with van der Waals surface area (Å²) in [6, 6.07) is 0.632. The van der Waals surface area contributed by atoms with Crippen LogP contribution in [0, 0.1) is 0 Å². The molecule has 0 aromatic carbocycles. The SMILES string of the molecule is Brc1csc(NC2CCSC2)n1. The number of thiazole rings is 1. The summed E-state index contributed by atoms with van der Waals surface area (Å²) in [5, 5.41) is 6.46. The second kappa shape index (κ2) is 3.98. The summed E-state index contributed by atoms with van der Waals surface area (Å²) in [6.07, 6.45) is 1.27. The molecule has 1 aromatic rings. The molecule has 0 saturated carbocycles. The summed E-state index contributed by atoms with van der Waals surface area (Å²) in [7, 11) is 0. The van der Waals surface area contributed by atoms with E-state index in [1.807, 2.05) is 17.1 Å². The Bertz CT molecular complexity index is 258. The van der Waals surface area contributed by atoms with Crippen LogP contribution >= 0.6 is 39.0 Å². The standard InChI is InChI=1S/C7H9BrN2S2/c8-6-4-12-7(10-6)9-5-1-2-11-3-5/h4-5H,1-3H2,(H,9,10). The lowest BCUT2D eigenvalue weighted by molar-refractivity contribution is 0.811. The Labute approximate surface area is 88.3 Å². The van der Waals surface area contributed by atoms with Crippen LogP contribution in [0.1, 0.15) is 6.42 Å². The lowest BCUT2D eigenvalue weighted by Crippen LogP contribution is -2.17. The van der Waals surface area contributed by atoms with Gasteiger partial charge in [0.25, 0.3) is 0 Å². The average molecular weight is 265 g/mol. The van der Waals surface area contributed by atoms with E-state index in [0.29, 0.717) is 6.04 Å². The second-order valence-corrected chi connectivity index (χ2v) is 5.50. The maximum Gasteiger partial charge on any atom is 0.183 e. The van der Waals surface area contributed by atoms with Crippen molar-refractivity contribution < 1.29 is 0 Å². The van der Waals surface area contributed by atoms with Crippen LogP contribution in [0.4, 0.5) is 5.13 Å². The molecule has 2 rings (SSSR count). The molecule has 0 amide bonds. The summed E-state index contributed by atoms with van der Waals surface area (Å²) < 4.78 is 0.931. The van der Waals surface area contributed by atoms with E-state index in [4.69, 9.17) is 0 Å². The molecule has 0 spiro atoms. The first-order valence-corrected chi connectivity index (χ1v) is 6.62. The van der Waals surface area contributed by atoms with Crippen molar-refractivity contribution in [2.24, 2.45) is 0 Å². The maximum atomic E-state index is 4.29. The normalized spacial score (nSPS) is 22.9. The highest BCUT2D eigenvalue weighted by Gasteiger charge is 2.15. The molecule has 0 aliphatic carbocycles. The van der Waals surface area contributed by atoms with Crippen LogP contribution in [-0.4, -0.2) is 22.5 Å². The van der Waals surface area contributed by atoms with E-state index in [-0.39, 0.29) is 0 Å². The Kier molecular flexibility index (Phi) is 2.93. The number of anilines is 1. The van der Waals surface area contributed by atoms with Crippen LogP contribution in [-0.2, 0) is 0 Å². The quantitative estimate of drug-likeness (QED) is 0.890. The van der Waals surface area contributed by atoms with Gasteiger partial charge in [0.2, 0.25) is 0 Å². The van der Waals surface area contributed by atoms with Gasteiger partial charge in [-0.05, 0) is 28.1 Å². The Morgan fingerprint density at radius 3 is 3.17 bits per heavy atom. The third-order valence-corrected chi connectivity index (χ3v) is 4.38. The molecular weight excluding hydrogens is 256 g/mol. The predicted octanol–water partition coefficient (Wildman–Crippen LogP) is 2.82. The van der Waals surface area contributed by atoms with Crippen molar-refractivity contribution in [3.63, 3.8) is 0 Å². The van der Waals surface area contributed by atoms with Crippen molar-refractivity contribution in [2.75, 3.05) is 16.8 Å². The third-order valence-electron chi connectivity index (χ3n) is 1.73. The number of thioether (sulfide) groups is 1. The number of hydrogen-bond donors (Lipinski definition) is 1. The zero-order valence-corrected chi connectivity index (χ0v) is 9.64. The highest BCUT2D eigenvalue weighted by molar-refractivity contribution is 9.10. The molecule has 66 valence electrons. The highest BCUT2D eigenvalue weighted by Crippen LogP contribution is 2.24. The van der Waals surface area contributed by atoms with Crippen molar-refractivity contribution in [2.45, 2.75) is 12.5 Å². The lowest BCUT2D eigenvalue weighted by atomic mass is 10.3. The van der Waals surface area contributed by atoms with E-state index in [1.165, 1.54) is 17.9 Å². The van der Waals surface area contributed by atoms with E-state index < -0.39 is 0 Å². The zero-order chi connectivity index (χ0) is 8.39. The molecule has 1 saturated heterocycles. The molecule has 1 fully saturated rings. The second-order valence-electron chi connectivity index (χ2n) is 2.68. The Balaban J connectivity index is 1.94. The molecule has 0 radical (unpaired) electrons. The summed E-state index contributed by atoms with van der Waals surface area (Å²) >= 11 is 7.00. The summed E-state index contributed by atoms with van der Waals surface area (Å²) in [4.78, 5) is 4.29. The third kappa shape index (κ3) is 2.14. The van der Waals surface area contributed by atoms with Crippen molar-refractivity contribution in [1.29, 1.82) is 0 Å². The molecule has 1 unspecified atom stereocenters. The first kappa shape index (κ1) is 8.84. The zero-order valence-electron chi connectivity index (χ0n) is 6.42. The fourth-order valence-corrected chi connectivity index (χ4v) is 3.52. The van der Waals surface area contributed by atoms with Gasteiger partial charge in [-0.1, -0.05) is 0 Å². The van der Waals surface area contributed by atoms with Gasteiger partial charge in [0.1, 0.15) is 4.60 Å². The minimum atomic E-state index is 0.632. The van der Waals surface area contributed by atoms with Crippen molar-refractivity contribution in [3.8, 4) is 0 Å². The predicted molar refractivity (Wildman–Crippen MR) is 59.2 cm³/mol. The van der Waals surface area contributed by atoms with Crippen LogP contribution < -0.4 is 5.32 Å². The number of halogens is 1. The van der Waals surface area contributed by atoms with Crippen LogP contribution in [0.15, 0.2) is 9.98 Å². The van der Waals surface area contributed by atoms with Crippen molar-refractivity contribution >= 4 is 44.2 Å². The topological polar surface area (TPSA) is 24.9 Å². The smallest absolute Gasteiger partial charge is 0.183 e. The van der Waals surface area contributed by atoms with Crippen molar-refractivity contribution in [3.05, 3.63) is 9.98 Å². The van der Waals surface area contributed by atoms with Gasteiger partial charge in [0.05, 0.1) is 0 Å². The molecule has 0 bridgehead atoms. The minimum Gasteiger partial charge on any atom is -0.358 e. The average Bonchev–Trinajstić information content (AvgIpc) is 2.63. The minimum absolute atomic E-state index is 0.632. The van der Waals surface area contributed by atoms with E-state index in [0.717, 1.165) is 9.73 Å². The first-order chi connectivity index (χ1) is 5.84. The van der Waals surface area contributed by atoms with Gasteiger partial charge in [0.15, 0.2) is 5.13 Å². The Morgan fingerprint density at radius 1 is 1.67 bits per heavy atom. The number of hydrogen-bond acceptors (Lipinski definition) is 4. The molecule has 12 heavy (non-hydrogen) atoms. The summed E-state index contributed by atoms with van der Waals surface area (Å²) in [6.45, 7) is 0.